The van der Waals surface area contributed by atoms with Crippen LogP contribution in [-0.2, 0) is 10.8 Å². The van der Waals surface area contributed by atoms with E-state index >= 15 is 0 Å². The molecule has 344 valence electrons. The van der Waals surface area contributed by atoms with E-state index in [1.54, 1.807) is 0 Å². The van der Waals surface area contributed by atoms with Gasteiger partial charge in [-0.05, 0) is 128 Å². The van der Waals surface area contributed by atoms with Gasteiger partial charge in [0.25, 0.3) is 0 Å². The molecule has 2 heteroatoms. The Hall–Kier alpha value is -8.46. The Balaban J connectivity index is 0.929. The maximum absolute atomic E-state index is 7.30. The molecule has 1 aromatic heterocycles. The molecule has 0 N–H and O–H groups in total. The molecule has 2 heterocycles. The number of furan rings is 1. The van der Waals surface area contributed by atoms with Gasteiger partial charge in [-0.1, -0.05) is 213 Å². The predicted octanol–water partition coefficient (Wildman–Crippen LogP) is 16.0. The van der Waals surface area contributed by atoms with E-state index in [9.17, 15) is 0 Å². The summed E-state index contributed by atoms with van der Waals surface area (Å²) in [6, 6.07) is 67.7. The lowest BCUT2D eigenvalue weighted by molar-refractivity contribution is 0.551. The number of anilines is 2. The number of benzene rings is 8. The summed E-state index contributed by atoms with van der Waals surface area (Å²) in [5, 5.41) is 4.91. The Morgan fingerprint density at radius 1 is 0.458 bits per heavy atom. The summed E-state index contributed by atoms with van der Waals surface area (Å²) in [5.41, 5.74) is 18.6. The number of fused-ring (bicyclic) bond motifs is 8. The second kappa shape index (κ2) is 16.6. The highest BCUT2D eigenvalue weighted by Gasteiger charge is 2.47. The van der Waals surface area contributed by atoms with Gasteiger partial charge in [0.2, 0.25) is 0 Å². The van der Waals surface area contributed by atoms with E-state index in [-0.39, 0.29) is 28.7 Å². The van der Waals surface area contributed by atoms with E-state index in [0.29, 0.717) is 0 Å². The van der Waals surface area contributed by atoms with Gasteiger partial charge in [0.15, 0.2) is 0 Å². The molecule has 0 bridgehead atoms. The van der Waals surface area contributed by atoms with E-state index in [1.165, 1.54) is 66.3 Å². The van der Waals surface area contributed by atoms with Gasteiger partial charge in [-0.3, -0.25) is 0 Å². The minimum absolute atomic E-state index is 0.0981. The van der Waals surface area contributed by atoms with Gasteiger partial charge in [0.05, 0.1) is 6.04 Å². The van der Waals surface area contributed by atoms with Crippen molar-refractivity contribution in [3.05, 3.63) is 288 Å². The van der Waals surface area contributed by atoms with E-state index in [0.717, 1.165) is 50.6 Å². The quantitative estimate of drug-likeness (QED) is 0.158. The van der Waals surface area contributed by atoms with Crippen LogP contribution in [0.15, 0.2) is 259 Å². The van der Waals surface area contributed by atoms with Crippen molar-refractivity contribution in [3.63, 3.8) is 0 Å². The molecule has 1 aliphatic heterocycles. The molecule has 0 spiro atoms. The molecule has 4 unspecified atom stereocenters. The predicted molar refractivity (Wildman–Crippen MR) is 301 cm³/mol. The van der Waals surface area contributed by atoms with E-state index in [1.807, 2.05) is 0 Å². The van der Waals surface area contributed by atoms with Crippen LogP contribution in [0.25, 0.3) is 66.5 Å². The molecular weight excluding hydrogens is 871 g/mol. The molecule has 5 aliphatic rings. The summed E-state index contributed by atoms with van der Waals surface area (Å²) in [5.74, 6) is 0.479. The molecule has 8 aromatic carbocycles. The molecular formula is C70H53NO. The molecule has 0 fully saturated rings. The van der Waals surface area contributed by atoms with Crippen LogP contribution >= 0.6 is 0 Å². The summed E-state index contributed by atoms with van der Waals surface area (Å²) in [7, 11) is 0. The summed E-state index contributed by atoms with van der Waals surface area (Å²) < 4.78 is 7.30. The standard InChI is InChI=1S/C70H53NO/c1-69(38-18-6-19-39-69)52-44-59(68-61(45-52)60-42-51(46-21-7-3-8-22-46)41-58(67(60)72-68)47-23-9-4-10-24-47)50-34-37-63-62(43-50)70(2)40-20-17-31-64(70)71(63)53-35-32-49(33-36-53)66-56-29-15-13-27-54(56)65(48-25-11-5-12-26-48)55-28-14-16-30-57(55)66/h3-38,40-45,54,56,64H,39H2,1-2H3/t54?,56?,64?,69?,70-/m0/s1. The maximum atomic E-state index is 7.30. The first kappa shape index (κ1) is 42.4. The molecule has 0 saturated heterocycles. The summed E-state index contributed by atoms with van der Waals surface area (Å²) in [6.45, 7) is 4.78. The minimum Gasteiger partial charge on any atom is -0.455 e. The molecule has 0 radical (unpaired) electrons. The van der Waals surface area contributed by atoms with Gasteiger partial charge >= 0.3 is 0 Å². The Kier molecular flexibility index (Phi) is 9.77. The van der Waals surface area contributed by atoms with Crippen molar-refractivity contribution in [2.75, 3.05) is 4.90 Å². The van der Waals surface area contributed by atoms with Crippen LogP contribution in [0.2, 0.25) is 0 Å². The number of rotatable bonds is 7. The zero-order chi connectivity index (χ0) is 48.0. The van der Waals surface area contributed by atoms with Crippen LogP contribution in [0, 0.1) is 11.8 Å². The van der Waals surface area contributed by atoms with Crippen LogP contribution in [0.5, 0.6) is 0 Å². The van der Waals surface area contributed by atoms with Crippen LogP contribution in [0.3, 0.4) is 0 Å². The fraction of sp³-hybridized carbons (Fsp3) is 0.114. The molecule has 0 saturated carbocycles. The van der Waals surface area contributed by atoms with Gasteiger partial charge in [0.1, 0.15) is 11.2 Å². The first-order valence-corrected chi connectivity index (χ1v) is 25.6. The van der Waals surface area contributed by atoms with E-state index in [4.69, 9.17) is 4.42 Å². The van der Waals surface area contributed by atoms with Crippen LogP contribution in [0.4, 0.5) is 11.4 Å². The lowest BCUT2D eigenvalue weighted by atomic mass is 9.70. The van der Waals surface area contributed by atoms with Gasteiger partial charge in [0, 0.05) is 55.9 Å². The average molecular weight is 924 g/mol. The van der Waals surface area contributed by atoms with Crippen molar-refractivity contribution >= 4 is 44.5 Å². The summed E-state index contributed by atoms with van der Waals surface area (Å²) >= 11 is 0. The van der Waals surface area contributed by atoms with E-state index < -0.39 is 0 Å². The van der Waals surface area contributed by atoms with Gasteiger partial charge in [-0.25, -0.2) is 0 Å². The Morgan fingerprint density at radius 2 is 1.03 bits per heavy atom. The Morgan fingerprint density at radius 3 is 1.69 bits per heavy atom. The second-order valence-corrected chi connectivity index (χ2v) is 20.7. The normalized spacial score (nSPS) is 22.4. The molecule has 72 heavy (non-hydrogen) atoms. The van der Waals surface area contributed by atoms with Gasteiger partial charge in [-0.15, -0.1) is 0 Å². The van der Waals surface area contributed by atoms with Crippen molar-refractivity contribution in [2.24, 2.45) is 11.8 Å². The zero-order valence-corrected chi connectivity index (χ0v) is 40.5. The first-order valence-electron chi connectivity index (χ1n) is 25.6. The van der Waals surface area contributed by atoms with Crippen molar-refractivity contribution < 1.29 is 4.42 Å². The number of hydrogen-bond donors (Lipinski definition) is 0. The third-order valence-corrected chi connectivity index (χ3v) is 16.5. The van der Waals surface area contributed by atoms with Gasteiger partial charge < -0.3 is 9.32 Å². The number of nitrogens with zero attached hydrogens (tertiary/aromatic N) is 1. The largest absolute Gasteiger partial charge is 0.455 e. The SMILES string of the molecule is CC1(c2cc(-c3ccc4c(c3)[C@]3(C)C=CC=CC3N4c3ccc(C4=c5ccccc5=C(c5ccccc5)C5C=CC=CC45)cc3)c3oc4c(-c5ccccc5)cc(-c5ccccc5)cc4c3c2)C=CC=CC1. The molecule has 14 rings (SSSR count). The fourth-order valence-corrected chi connectivity index (χ4v) is 12.8. The highest BCUT2D eigenvalue weighted by molar-refractivity contribution is 6.15. The minimum atomic E-state index is -0.273. The van der Waals surface area contributed by atoms with Crippen LogP contribution in [0.1, 0.15) is 42.5 Å². The Bertz CT molecular complexity index is 3980. The Labute approximate surface area is 421 Å². The average Bonchev–Trinajstić information content (AvgIpc) is 3.95. The molecule has 9 aromatic rings. The summed E-state index contributed by atoms with van der Waals surface area (Å²) in [4.78, 5) is 2.57. The topological polar surface area (TPSA) is 16.4 Å². The van der Waals surface area contributed by atoms with Crippen LogP contribution < -0.4 is 15.3 Å². The van der Waals surface area contributed by atoms with Gasteiger partial charge in [-0.2, -0.15) is 0 Å². The van der Waals surface area contributed by atoms with Crippen molar-refractivity contribution in [1.82, 2.24) is 0 Å². The molecule has 4 aliphatic carbocycles. The number of hydrogen-bond acceptors (Lipinski definition) is 2. The molecule has 5 atom stereocenters. The highest BCUT2D eigenvalue weighted by Crippen LogP contribution is 2.54. The smallest absolute Gasteiger partial charge is 0.143 e. The van der Waals surface area contributed by atoms with Crippen molar-refractivity contribution in [2.45, 2.75) is 37.1 Å². The van der Waals surface area contributed by atoms with Crippen molar-refractivity contribution in [3.8, 4) is 33.4 Å². The monoisotopic (exact) mass is 923 g/mol. The second-order valence-electron chi connectivity index (χ2n) is 20.7. The molecule has 0 amide bonds. The third-order valence-electron chi connectivity index (χ3n) is 16.5. The number of allylic oxidation sites excluding steroid dienone is 10. The molecule has 2 nitrogen and oxygen atoms in total. The van der Waals surface area contributed by atoms with Crippen molar-refractivity contribution in [1.29, 1.82) is 0 Å². The highest BCUT2D eigenvalue weighted by atomic mass is 16.3. The fourth-order valence-electron chi connectivity index (χ4n) is 12.8. The van der Waals surface area contributed by atoms with Crippen LogP contribution in [-0.4, -0.2) is 6.04 Å². The zero-order valence-electron chi connectivity index (χ0n) is 40.5. The summed E-state index contributed by atoms with van der Waals surface area (Å²) in [6.07, 6.45) is 28.5. The van der Waals surface area contributed by atoms with E-state index in [2.05, 4.69) is 274 Å². The third kappa shape index (κ3) is 6.62. The lowest BCUT2D eigenvalue weighted by Gasteiger charge is -2.35. The first-order chi connectivity index (χ1) is 35.4. The lowest BCUT2D eigenvalue weighted by Crippen LogP contribution is -2.40. The maximum Gasteiger partial charge on any atom is 0.143 e.